The molecule has 0 N–H and O–H groups in total. The fraction of sp³-hybridized carbons (Fsp3) is 0.727. The van der Waals surface area contributed by atoms with Crippen LogP contribution in [0.2, 0.25) is 0 Å². The summed E-state index contributed by atoms with van der Waals surface area (Å²) in [6, 6.07) is 0. The van der Waals surface area contributed by atoms with Crippen LogP contribution in [-0.2, 0) is 20.3 Å². The minimum atomic E-state index is -3.76. The van der Waals surface area contributed by atoms with E-state index in [1.807, 2.05) is 0 Å². The molecule has 7 heteroatoms. The van der Waals surface area contributed by atoms with Crippen LogP contribution < -0.4 is 0 Å². The first-order valence-corrected chi connectivity index (χ1v) is 8.14. The van der Waals surface area contributed by atoms with Gasteiger partial charge in [0.1, 0.15) is 5.82 Å². The molecule has 1 saturated heterocycles. The molecule has 0 spiro atoms. The molecule has 2 rings (SSSR count). The summed E-state index contributed by atoms with van der Waals surface area (Å²) < 4.78 is 30.0. The van der Waals surface area contributed by atoms with Crippen molar-refractivity contribution in [2.75, 3.05) is 0 Å². The number of halogens is 1. The Morgan fingerprint density at radius 2 is 2.28 bits per heavy atom. The van der Waals surface area contributed by atoms with Crippen LogP contribution in [-0.4, -0.2) is 29.7 Å². The molecule has 1 aliphatic heterocycles. The van der Waals surface area contributed by atoms with Gasteiger partial charge in [-0.05, 0) is 33.6 Å². The molecule has 1 unspecified atom stereocenters. The van der Waals surface area contributed by atoms with Gasteiger partial charge in [-0.25, -0.2) is 13.4 Å². The van der Waals surface area contributed by atoms with Gasteiger partial charge in [0.2, 0.25) is 0 Å². The molecule has 1 aliphatic rings. The average molecular weight is 293 g/mol. The van der Waals surface area contributed by atoms with Crippen molar-refractivity contribution in [3.63, 3.8) is 0 Å². The summed E-state index contributed by atoms with van der Waals surface area (Å²) in [5.41, 5.74) is -0.0967. The Balaban J connectivity index is 2.14. The molecule has 5 nitrogen and oxygen atoms in total. The summed E-state index contributed by atoms with van der Waals surface area (Å²) in [7, 11) is 1.51. The first kappa shape index (κ1) is 13.8. The van der Waals surface area contributed by atoms with E-state index in [-0.39, 0.29) is 16.7 Å². The number of hydrogen-bond acceptors (Lipinski definition) is 4. The minimum Gasteiger partial charge on any atom is -0.370 e. The fourth-order valence-electron chi connectivity index (χ4n) is 2.21. The smallest absolute Gasteiger partial charge is 0.280 e. The summed E-state index contributed by atoms with van der Waals surface area (Å²) in [6.07, 6.45) is 3.53. The van der Waals surface area contributed by atoms with Crippen LogP contribution in [0.4, 0.5) is 0 Å². The SMILES string of the molecule is Cc1nc(S(=O)(=O)Cl)cn1CC1CCC(C)(C)O1. The van der Waals surface area contributed by atoms with Crippen molar-refractivity contribution in [2.45, 2.75) is 56.9 Å². The Morgan fingerprint density at radius 1 is 1.61 bits per heavy atom. The minimum absolute atomic E-state index is 0.0961. The topological polar surface area (TPSA) is 61.2 Å². The van der Waals surface area contributed by atoms with Gasteiger partial charge >= 0.3 is 0 Å². The summed E-state index contributed by atoms with van der Waals surface area (Å²) >= 11 is 0. The molecule has 0 radical (unpaired) electrons. The first-order valence-electron chi connectivity index (χ1n) is 5.84. The number of rotatable bonds is 3. The summed E-state index contributed by atoms with van der Waals surface area (Å²) in [5, 5.41) is -0.0982. The Hall–Kier alpha value is -0.590. The maximum Gasteiger partial charge on any atom is 0.280 e. The van der Waals surface area contributed by atoms with Gasteiger partial charge in [0.05, 0.1) is 18.2 Å². The summed E-state index contributed by atoms with van der Waals surface area (Å²) in [6.45, 7) is 6.48. The first-order chi connectivity index (χ1) is 8.17. The van der Waals surface area contributed by atoms with Gasteiger partial charge in [-0.15, -0.1) is 0 Å². The highest BCUT2D eigenvalue weighted by Crippen LogP contribution is 2.30. The predicted molar refractivity (Wildman–Crippen MR) is 68.2 cm³/mol. The Kier molecular flexibility index (Phi) is 3.46. The van der Waals surface area contributed by atoms with Crippen LogP contribution in [0.1, 0.15) is 32.5 Å². The van der Waals surface area contributed by atoms with Crippen molar-refractivity contribution in [3.05, 3.63) is 12.0 Å². The van der Waals surface area contributed by atoms with Crippen molar-refractivity contribution in [2.24, 2.45) is 0 Å². The predicted octanol–water partition coefficient (Wildman–Crippen LogP) is 2.08. The van der Waals surface area contributed by atoms with Gasteiger partial charge in [-0.1, -0.05) is 0 Å². The quantitative estimate of drug-likeness (QED) is 0.800. The Labute approximate surface area is 112 Å². The molecular formula is C11H17ClN2O3S. The van der Waals surface area contributed by atoms with Gasteiger partial charge in [0, 0.05) is 16.9 Å². The third kappa shape index (κ3) is 3.05. The van der Waals surface area contributed by atoms with Crippen molar-refractivity contribution < 1.29 is 13.2 Å². The van der Waals surface area contributed by atoms with Crippen molar-refractivity contribution in [1.29, 1.82) is 0 Å². The molecular weight excluding hydrogens is 276 g/mol. The van der Waals surface area contributed by atoms with Crippen LogP contribution in [0.5, 0.6) is 0 Å². The van der Waals surface area contributed by atoms with Crippen LogP contribution in [0.25, 0.3) is 0 Å². The molecule has 1 fully saturated rings. The second-order valence-electron chi connectivity index (χ2n) is 5.25. The maximum atomic E-state index is 11.2. The molecule has 0 saturated carbocycles. The Morgan fingerprint density at radius 3 is 2.72 bits per heavy atom. The number of aryl methyl sites for hydroxylation is 1. The standard InChI is InChI=1S/C11H17ClN2O3S/c1-8-13-10(18(12,15)16)7-14(8)6-9-4-5-11(2,3)17-9/h7,9H,4-6H2,1-3H3. The van der Waals surface area contributed by atoms with Gasteiger partial charge in [0.25, 0.3) is 9.05 Å². The van der Waals surface area contributed by atoms with Crippen LogP contribution in [0.3, 0.4) is 0 Å². The second kappa shape index (κ2) is 4.51. The largest absolute Gasteiger partial charge is 0.370 e. The molecule has 2 heterocycles. The number of aromatic nitrogens is 2. The molecule has 1 atom stereocenters. The molecule has 0 aromatic carbocycles. The van der Waals surface area contributed by atoms with Gasteiger partial charge in [0.15, 0.2) is 5.03 Å². The van der Waals surface area contributed by atoms with Crippen molar-refractivity contribution in [1.82, 2.24) is 9.55 Å². The highest BCUT2D eigenvalue weighted by Gasteiger charge is 2.32. The third-order valence-electron chi connectivity index (χ3n) is 3.16. The third-order valence-corrected chi connectivity index (χ3v) is 4.33. The van der Waals surface area contributed by atoms with Crippen molar-refractivity contribution in [3.8, 4) is 0 Å². The number of imidazole rings is 1. The van der Waals surface area contributed by atoms with Crippen LogP contribution in [0.15, 0.2) is 11.2 Å². The van der Waals surface area contributed by atoms with Gasteiger partial charge < -0.3 is 9.30 Å². The van der Waals surface area contributed by atoms with E-state index in [0.717, 1.165) is 12.8 Å². The lowest BCUT2D eigenvalue weighted by molar-refractivity contribution is -0.0219. The molecule has 18 heavy (non-hydrogen) atoms. The highest BCUT2D eigenvalue weighted by atomic mass is 35.7. The highest BCUT2D eigenvalue weighted by molar-refractivity contribution is 8.13. The lowest BCUT2D eigenvalue weighted by Gasteiger charge is -2.19. The molecule has 0 bridgehead atoms. The van der Waals surface area contributed by atoms with Gasteiger partial charge in [-0.3, -0.25) is 0 Å². The Bertz CT molecular complexity index is 551. The lowest BCUT2D eigenvalue weighted by Crippen LogP contribution is -2.23. The molecule has 102 valence electrons. The van der Waals surface area contributed by atoms with E-state index in [2.05, 4.69) is 18.8 Å². The molecule has 0 aliphatic carbocycles. The van der Waals surface area contributed by atoms with Crippen LogP contribution in [0, 0.1) is 6.92 Å². The monoisotopic (exact) mass is 292 g/mol. The lowest BCUT2D eigenvalue weighted by atomic mass is 10.1. The molecule has 0 amide bonds. The summed E-state index contributed by atoms with van der Waals surface area (Å²) in [4.78, 5) is 3.95. The van der Waals surface area contributed by atoms with E-state index in [9.17, 15) is 8.42 Å². The average Bonchev–Trinajstić information content (AvgIpc) is 2.71. The van der Waals surface area contributed by atoms with E-state index in [4.69, 9.17) is 15.4 Å². The fourth-order valence-corrected chi connectivity index (χ4v) is 2.92. The zero-order chi connectivity index (χ0) is 13.6. The molecule has 1 aromatic rings. The number of hydrogen-bond donors (Lipinski definition) is 0. The zero-order valence-corrected chi connectivity index (χ0v) is 12.3. The van der Waals surface area contributed by atoms with E-state index < -0.39 is 9.05 Å². The van der Waals surface area contributed by atoms with Gasteiger partial charge in [-0.2, -0.15) is 0 Å². The van der Waals surface area contributed by atoms with E-state index >= 15 is 0 Å². The number of ether oxygens (including phenoxy) is 1. The summed E-state index contributed by atoms with van der Waals surface area (Å²) in [5.74, 6) is 0.627. The molecule has 1 aromatic heterocycles. The van der Waals surface area contributed by atoms with Crippen molar-refractivity contribution >= 4 is 19.7 Å². The van der Waals surface area contributed by atoms with E-state index in [0.29, 0.717) is 12.4 Å². The maximum absolute atomic E-state index is 11.2. The normalized spacial score (nSPS) is 23.4. The van der Waals surface area contributed by atoms with E-state index in [1.54, 1.807) is 11.5 Å². The number of nitrogens with zero attached hydrogens (tertiary/aromatic N) is 2. The van der Waals surface area contributed by atoms with E-state index in [1.165, 1.54) is 6.20 Å². The zero-order valence-electron chi connectivity index (χ0n) is 10.7. The second-order valence-corrected chi connectivity index (χ2v) is 7.77. The van der Waals surface area contributed by atoms with Crippen LogP contribution >= 0.6 is 10.7 Å².